The molecule has 1 saturated heterocycles. The normalized spacial score (nSPS) is 20.5. The molecule has 0 bridgehead atoms. The number of halogens is 1. The van der Waals surface area contributed by atoms with Gasteiger partial charge in [0.05, 0.1) is 6.10 Å². The van der Waals surface area contributed by atoms with E-state index < -0.39 is 0 Å². The SMILES string of the molecule is CNCC1CCCN1C(=O)CCc1cccc(OC2CCCC2)c1.Cl. The van der Waals surface area contributed by atoms with E-state index in [-0.39, 0.29) is 18.3 Å². The monoisotopic (exact) mass is 366 g/mol. The number of nitrogens with zero attached hydrogens (tertiary/aromatic N) is 1. The van der Waals surface area contributed by atoms with Crippen molar-refractivity contribution in [2.45, 2.75) is 63.5 Å². The predicted octanol–water partition coefficient (Wildman–Crippen LogP) is 3.57. The van der Waals surface area contributed by atoms with Crippen LogP contribution in [0.3, 0.4) is 0 Å². The lowest BCUT2D eigenvalue weighted by Crippen LogP contribution is -2.40. The zero-order valence-corrected chi connectivity index (χ0v) is 16.0. The maximum atomic E-state index is 12.5. The summed E-state index contributed by atoms with van der Waals surface area (Å²) in [6.45, 7) is 1.81. The van der Waals surface area contributed by atoms with Gasteiger partial charge in [0, 0.05) is 25.6 Å². The van der Waals surface area contributed by atoms with Crippen molar-refractivity contribution in [2.24, 2.45) is 0 Å². The van der Waals surface area contributed by atoms with E-state index in [4.69, 9.17) is 4.74 Å². The van der Waals surface area contributed by atoms with Crippen LogP contribution in [0.25, 0.3) is 0 Å². The topological polar surface area (TPSA) is 41.6 Å². The fraction of sp³-hybridized carbons (Fsp3) is 0.650. The molecule has 140 valence electrons. The van der Waals surface area contributed by atoms with E-state index >= 15 is 0 Å². The molecular formula is C20H31ClN2O2. The standard InChI is InChI=1S/C20H30N2O2.ClH/c1-21-15-17-7-5-13-22(17)20(23)12-11-16-6-4-10-19(14-16)24-18-8-2-3-9-18;/h4,6,10,14,17-18,21H,2-3,5,7-9,11-13,15H2,1H3;1H. The minimum absolute atomic E-state index is 0. The highest BCUT2D eigenvalue weighted by atomic mass is 35.5. The molecule has 1 aliphatic heterocycles. The first-order valence-corrected chi connectivity index (χ1v) is 9.46. The largest absolute Gasteiger partial charge is 0.490 e. The Morgan fingerprint density at radius 3 is 2.80 bits per heavy atom. The summed E-state index contributed by atoms with van der Waals surface area (Å²) in [5, 5.41) is 3.20. The van der Waals surface area contributed by atoms with Crippen LogP contribution in [0.5, 0.6) is 5.75 Å². The van der Waals surface area contributed by atoms with E-state index in [1.54, 1.807) is 0 Å². The highest BCUT2D eigenvalue weighted by Crippen LogP contribution is 2.25. The molecule has 2 fully saturated rings. The van der Waals surface area contributed by atoms with Crippen molar-refractivity contribution >= 4 is 18.3 Å². The van der Waals surface area contributed by atoms with Crippen molar-refractivity contribution in [2.75, 3.05) is 20.1 Å². The minimum Gasteiger partial charge on any atom is -0.490 e. The summed E-state index contributed by atoms with van der Waals surface area (Å²) >= 11 is 0. The third-order valence-corrected chi connectivity index (χ3v) is 5.27. The van der Waals surface area contributed by atoms with Crippen molar-refractivity contribution < 1.29 is 9.53 Å². The summed E-state index contributed by atoms with van der Waals surface area (Å²) in [6, 6.07) is 8.67. The lowest BCUT2D eigenvalue weighted by atomic mass is 10.1. The highest BCUT2D eigenvalue weighted by Gasteiger charge is 2.27. The number of carbonyl (C=O) groups is 1. The van der Waals surface area contributed by atoms with Crippen LogP contribution in [0.1, 0.15) is 50.5 Å². The van der Waals surface area contributed by atoms with E-state index in [9.17, 15) is 4.79 Å². The van der Waals surface area contributed by atoms with Crippen molar-refractivity contribution in [3.8, 4) is 5.75 Å². The summed E-state index contributed by atoms with van der Waals surface area (Å²) < 4.78 is 6.07. The second-order valence-electron chi connectivity index (χ2n) is 7.11. The van der Waals surface area contributed by atoms with Crippen molar-refractivity contribution in [3.63, 3.8) is 0 Å². The van der Waals surface area contributed by atoms with Gasteiger partial charge in [0.15, 0.2) is 0 Å². The number of likely N-dealkylation sites (N-methyl/N-ethyl adjacent to an activating group) is 1. The Labute approximate surface area is 157 Å². The van der Waals surface area contributed by atoms with Crippen molar-refractivity contribution in [3.05, 3.63) is 29.8 Å². The molecule has 1 saturated carbocycles. The van der Waals surface area contributed by atoms with Gasteiger partial charge in [0.25, 0.3) is 0 Å². The van der Waals surface area contributed by atoms with Crippen LogP contribution in [0.2, 0.25) is 0 Å². The Balaban J connectivity index is 0.00000225. The van der Waals surface area contributed by atoms with E-state index in [1.807, 2.05) is 19.2 Å². The quantitative estimate of drug-likeness (QED) is 0.802. The lowest BCUT2D eigenvalue weighted by Gasteiger charge is -2.24. The van der Waals surface area contributed by atoms with Gasteiger partial charge in [-0.15, -0.1) is 12.4 Å². The number of hydrogen-bond acceptors (Lipinski definition) is 3. The fourth-order valence-electron chi connectivity index (χ4n) is 3.98. The van der Waals surface area contributed by atoms with Gasteiger partial charge in [-0.2, -0.15) is 0 Å². The average Bonchev–Trinajstić information content (AvgIpc) is 3.25. The molecule has 0 aromatic heterocycles. The first-order valence-electron chi connectivity index (χ1n) is 9.46. The number of hydrogen-bond donors (Lipinski definition) is 1. The smallest absolute Gasteiger partial charge is 0.223 e. The van der Waals surface area contributed by atoms with Gasteiger partial charge in [-0.05, 0) is 69.7 Å². The van der Waals surface area contributed by atoms with Gasteiger partial charge in [0.2, 0.25) is 5.91 Å². The molecule has 2 aliphatic rings. The van der Waals surface area contributed by atoms with Gasteiger partial charge >= 0.3 is 0 Å². The molecule has 1 aromatic carbocycles. The van der Waals surface area contributed by atoms with Gasteiger partial charge in [-0.1, -0.05) is 12.1 Å². The molecule has 3 rings (SSSR count). The van der Waals surface area contributed by atoms with Crippen LogP contribution < -0.4 is 10.1 Å². The summed E-state index contributed by atoms with van der Waals surface area (Å²) in [4.78, 5) is 14.6. The molecular weight excluding hydrogens is 336 g/mol. The number of benzene rings is 1. The molecule has 4 nitrogen and oxygen atoms in total. The van der Waals surface area contributed by atoms with Crippen molar-refractivity contribution in [1.82, 2.24) is 10.2 Å². The van der Waals surface area contributed by atoms with Crippen LogP contribution in [0.4, 0.5) is 0 Å². The first-order chi connectivity index (χ1) is 11.8. The Hall–Kier alpha value is -1.26. The second kappa shape index (κ2) is 10.0. The third-order valence-electron chi connectivity index (χ3n) is 5.27. The highest BCUT2D eigenvalue weighted by molar-refractivity contribution is 5.85. The van der Waals surface area contributed by atoms with E-state index in [2.05, 4.69) is 22.3 Å². The molecule has 0 spiro atoms. The van der Waals surface area contributed by atoms with Gasteiger partial charge in [-0.3, -0.25) is 4.79 Å². The summed E-state index contributed by atoms with van der Waals surface area (Å²) in [5.41, 5.74) is 1.20. The number of amides is 1. The van der Waals surface area contributed by atoms with Crippen LogP contribution in [0, 0.1) is 0 Å². The molecule has 0 radical (unpaired) electrons. The summed E-state index contributed by atoms with van der Waals surface area (Å²) in [6.07, 6.45) is 8.92. The first kappa shape index (κ1) is 20.1. The molecule has 5 heteroatoms. The predicted molar refractivity (Wildman–Crippen MR) is 104 cm³/mol. The Morgan fingerprint density at radius 1 is 1.24 bits per heavy atom. The third kappa shape index (κ3) is 5.61. The second-order valence-corrected chi connectivity index (χ2v) is 7.11. The van der Waals surface area contributed by atoms with Gasteiger partial charge in [0.1, 0.15) is 5.75 Å². The molecule has 1 aliphatic carbocycles. The van der Waals surface area contributed by atoms with E-state index in [1.165, 1.54) is 31.2 Å². The minimum atomic E-state index is 0. The average molecular weight is 367 g/mol. The number of rotatable bonds is 7. The van der Waals surface area contributed by atoms with Crippen LogP contribution in [-0.2, 0) is 11.2 Å². The maximum absolute atomic E-state index is 12.5. The van der Waals surface area contributed by atoms with Gasteiger partial charge in [-0.25, -0.2) is 0 Å². The molecule has 1 aromatic rings. The molecule has 1 N–H and O–H groups in total. The Morgan fingerprint density at radius 2 is 2.04 bits per heavy atom. The van der Waals surface area contributed by atoms with E-state index in [0.717, 1.165) is 38.1 Å². The molecule has 25 heavy (non-hydrogen) atoms. The zero-order chi connectivity index (χ0) is 16.8. The number of carbonyl (C=O) groups excluding carboxylic acids is 1. The van der Waals surface area contributed by atoms with Crippen LogP contribution in [-0.4, -0.2) is 43.1 Å². The summed E-state index contributed by atoms with van der Waals surface area (Å²) in [7, 11) is 1.96. The van der Waals surface area contributed by atoms with Crippen molar-refractivity contribution in [1.29, 1.82) is 0 Å². The Kier molecular flexibility index (Phi) is 8.04. The fourth-order valence-corrected chi connectivity index (χ4v) is 3.98. The molecule has 1 heterocycles. The molecule has 1 unspecified atom stereocenters. The molecule has 1 atom stereocenters. The number of aryl methyl sites for hydroxylation is 1. The number of likely N-dealkylation sites (tertiary alicyclic amines) is 1. The van der Waals surface area contributed by atoms with Crippen LogP contribution in [0.15, 0.2) is 24.3 Å². The van der Waals surface area contributed by atoms with E-state index in [0.29, 0.717) is 18.6 Å². The number of nitrogens with one attached hydrogen (secondary N) is 1. The zero-order valence-electron chi connectivity index (χ0n) is 15.2. The van der Waals surface area contributed by atoms with Gasteiger partial charge < -0.3 is 15.0 Å². The molecule has 1 amide bonds. The maximum Gasteiger partial charge on any atom is 0.223 e. The lowest BCUT2D eigenvalue weighted by molar-refractivity contribution is -0.131. The van der Waals surface area contributed by atoms with Crippen LogP contribution >= 0.6 is 12.4 Å². The number of ether oxygens (including phenoxy) is 1. The summed E-state index contributed by atoms with van der Waals surface area (Å²) in [5.74, 6) is 1.25. The Bertz CT molecular complexity index is 546.